The Bertz CT molecular complexity index is 540. The molecule has 0 heterocycles. The first-order chi connectivity index (χ1) is 8.69. The summed E-state index contributed by atoms with van der Waals surface area (Å²) >= 11 is 0. The normalized spacial score (nSPS) is 10.1. The summed E-state index contributed by atoms with van der Waals surface area (Å²) in [6, 6.07) is 10.7. The molecule has 4 heteroatoms. The third-order valence-electron chi connectivity index (χ3n) is 2.45. The van der Waals surface area contributed by atoms with E-state index in [1.54, 1.807) is 24.3 Å². The Morgan fingerprint density at radius 3 is 2.72 bits per heavy atom. The fraction of sp³-hybridized carbons (Fsp3) is 0.143. The van der Waals surface area contributed by atoms with Crippen LogP contribution in [0.25, 0.3) is 0 Å². The molecule has 0 amide bonds. The van der Waals surface area contributed by atoms with Gasteiger partial charge < -0.3 is 14.6 Å². The summed E-state index contributed by atoms with van der Waals surface area (Å²) < 4.78 is 23.7. The van der Waals surface area contributed by atoms with E-state index in [1.807, 2.05) is 0 Å². The van der Waals surface area contributed by atoms with Gasteiger partial charge in [0.2, 0.25) is 0 Å². The predicted octanol–water partition coefficient (Wildman–Crippen LogP) is 3.12. The van der Waals surface area contributed by atoms with Gasteiger partial charge in [-0.15, -0.1) is 0 Å². The second kappa shape index (κ2) is 5.40. The zero-order valence-electron chi connectivity index (χ0n) is 9.89. The topological polar surface area (TPSA) is 38.7 Å². The first-order valence-corrected chi connectivity index (χ1v) is 5.43. The molecule has 1 N–H and O–H groups in total. The molecule has 0 aliphatic heterocycles. The van der Waals surface area contributed by atoms with Gasteiger partial charge in [0.1, 0.15) is 29.7 Å². The number of benzene rings is 2. The highest BCUT2D eigenvalue weighted by molar-refractivity contribution is 5.35. The van der Waals surface area contributed by atoms with E-state index < -0.39 is 0 Å². The summed E-state index contributed by atoms with van der Waals surface area (Å²) in [5, 5.41) is 9.29. The molecule has 0 saturated carbocycles. The smallest absolute Gasteiger partial charge is 0.125 e. The van der Waals surface area contributed by atoms with E-state index in [-0.39, 0.29) is 18.2 Å². The molecule has 0 aromatic heterocycles. The predicted molar refractivity (Wildman–Crippen MR) is 65.4 cm³/mol. The molecular weight excluding hydrogens is 235 g/mol. The Kier molecular flexibility index (Phi) is 3.67. The fourth-order valence-electron chi connectivity index (χ4n) is 1.59. The van der Waals surface area contributed by atoms with Crippen molar-refractivity contribution in [2.75, 3.05) is 7.11 Å². The highest BCUT2D eigenvalue weighted by atomic mass is 19.1. The van der Waals surface area contributed by atoms with Crippen molar-refractivity contribution < 1.29 is 19.0 Å². The maximum Gasteiger partial charge on any atom is 0.125 e. The molecule has 0 aliphatic rings. The van der Waals surface area contributed by atoms with Crippen LogP contribution in [0.1, 0.15) is 5.56 Å². The Morgan fingerprint density at radius 1 is 1.17 bits per heavy atom. The second-order valence-corrected chi connectivity index (χ2v) is 3.74. The zero-order valence-corrected chi connectivity index (χ0v) is 9.89. The highest BCUT2D eigenvalue weighted by Gasteiger charge is 2.05. The van der Waals surface area contributed by atoms with Crippen LogP contribution in [0, 0.1) is 5.82 Å². The summed E-state index contributed by atoms with van der Waals surface area (Å²) in [6.07, 6.45) is 0. The molecule has 3 nitrogen and oxygen atoms in total. The summed E-state index contributed by atoms with van der Waals surface area (Å²) in [5.41, 5.74) is 0.612. The van der Waals surface area contributed by atoms with Crippen LogP contribution >= 0.6 is 0 Å². The number of phenolic OH excluding ortho intramolecular Hbond substituents is 1. The number of methoxy groups -OCH3 is 1. The molecule has 0 saturated heterocycles. The Labute approximate surface area is 104 Å². The van der Waals surface area contributed by atoms with E-state index in [0.29, 0.717) is 17.1 Å². The largest absolute Gasteiger partial charge is 0.508 e. The minimum Gasteiger partial charge on any atom is -0.508 e. The van der Waals surface area contributed by atoms with Gasteiger partial charge in [-0.1, -0.05) is 6.07 Å². The van der Waals surface area contributed by atoms with Crippen molar-refractivity contribution in [3.63, 3.8) is 0 Å². The highest BCUT2D eigenvalue weighted by Crippen LogP contribution is 2.23. The number of ether oxygens (including phenoxy) is 2. The monoisotopic (exact) mass is 248 g/mol. The van der Waals surface area contributed by atoms with Crippen LogP contribution in [0.5, 0.6) is 17.2 Å². The van der Waals surface area contributed by atoms with Crippen LogP contribution in [-0.2, 0) is 6.61 Å². The lowest BCUT2D eigenvalue weighted by Crippen LogP contribution is -1.99. The SMILES string of the molecule is COc1ccc(F)cc1COc1cccc(O)c1. The van der Waals surface area contributed by atoms with Crippen LogP contribution in [0.15, 0.2) is 42.5 Å². The number of hydrogen-bond acceptors (Lipinski definition) is 3. The lowest BCUT2D eigenvalue weighted by Gasteiger charge is -2.10. The lowest BCUT2D eigenvalue weighted by molar-refractivity contribution is 0.294. The average Bonchev–Trinajstić information content (AvgIpc) is 2.37. The van der Waals surface area contributed by atoms with Gasteiger partial charge in [0.15, 0.2) is 0 Å². The standard InChI is InChI=1S/C14H13FO3/c1-17-14-6-5-11(15)7-10(14)9-18-13-4-2-3-12(16)8-13/h2-8,16H,9H2,1H3. The van der Waals surface area contributed by atoms with E-state index >= 15 is 0 Å². The minimum atomic E-state index is -0.342. The third-order valence-corrected chi connectivity index (χ3v) is 2.45. The first kappa shape index (κ1) is 12.2. The van der Waals surface area contributed by atoms with Crippen molar-refractivity contribution in [3.05, 3.63) is 53.8 Å². The summed E-state index contributed by atoms with van der Waals surface area (Å²) in [6.45, 7) is 0.171. The number of aromatic hydroxyl groups is 1. The Morgan fingerprint density at radius 2 is 2.00 bits per heavy atom. The van der Waals surface area contributed by atoms with E-state index in [0.717, 1.165) is 0 Å². The van der Waals surface area contributed by atoms with Gasteiger partial charge in [-0.25, -0.2) is 4.39 Å². The number of rotatable bonds is 4. The van der Waals surface area contributed by atoms with Gasteiger partial charge in [-0.05, 0) is 30.3 Å². The summed E-state index contributed by atoms with van der Waals surface area (Å²) in [5.74, 6) is 0.863. The van der Waals surface area contributed by atoms with Gasteiger partial charge in [0.25, 0.3) is 0 Å². The van der Waals surface area contributed by atoms with Gasteiger partial charge in [0, 0.05) is 11.6 Å². The van der Waals surface area contributed by atoms with Gasteiger partial charge in [-0.3, -0.25) is 0 Å². The second-order valence-electron chi connectivity index (χ2n) is 3.74. The van der Waals surface area contributed by atoms with Crippen molar-refractivity contribution in [3.8, 4) is 17.2 Å². The molecular formula is C14H13FO3. The number of hydrogen-bond donors (Lipinski definition) is 1. The lowest BCUT2D eigenvalue weighted by atomic mass is 10.2. The maximum atomic E-state index is 13.1. The molecule has 94 valence electrons. The molecule has 0 radical (unpaired) electrons. The molecule has 0 atom stereocenters. The molecule has 2 aromatic rings. The third kappa shape index (κ3) is 2.91. The summed E-state index contributed by atoms with van der Waals surface area (Å²) in [7, 11) is 1.52. The van der Waals surface area contributed by atoms with E-state index in [1.165, 1.54) is 25.3 Å². The number of halogens is 1. The Balaban J connectivity index is 2.12. The van der Waals surface area contributed by atoms with Crippen molar-refractivity contribution >= 4 is 0 Å². The van der Waals surface area contributed by atoms with Gasteiger partial charge in [-0.2, -0.15) is 0 Å². The van der Waals surface area contributed by atoms with Gasteiger partial charge >= 0.3 is 0 Å². The molecule has 0 bridgehead atoms. The van der Waals surface area contributed by atoms with Crippen LogP contribution in [0.3, 0.4) is 0 Å². The molecule has 0 aliphatic carbocycles. The maximum absolute atomic E-state index is 13.1. The average molecular weight is 248 g/mol. The van der Waals surface area contributed by atoms with E-state index in [2.05, 4.69) is 0 Å². The Hall–Kier alpha value is -2.23. The molecule has 0 fully saturated rings. The molecule has 0 spiro atoms. The van der Waals surface area contributed by atoms with E-state index in [4.69, 9.17) is 9.47 Å². The van der Waals surface area contributed by atoms with Crippen LogP contribution in [0.2, 0.25) is 0 Å². The number of phenols is 1. The van der Waals surface area contributed by atoms with Crippen molar-refractivity contribution in [2.24, 2.45) is 0 Å². The van der Waals surface area contributed by atoms with Crippen LogP contribution in [0.4, 0.5) is 4.39 Å². The minimum absolute atomic E-state index is 0.124. The van der Waals surface area contributed by atoms with Crippen molar-refractivity contribution in [2.45, 2.75) is 6.61 Å². The molecule has 0 unspecified atom stereocenters. The first-order valence-electron chi connectivity index (χ1n) is 5.43. The van der Waals surface area contributed by atoms with Gasteiger partial charge in [0.05, 0.1) is 7.11 Å². The van der Waals surface area contributed by atoms with Crippen LogP contribution < -0.4 is 9.47 Å². The quantitative estimate of drug-likeness (QED) is 0.903. The zero-order chi connectivity index (χ0) is 13.0. The molecule has 18 heavy (non-hydrogen) atoms. The molecule has 2 aromatic carbocycles. The fourth-order valence-corrected chi connectivity index (χ4v) is 1.59. The van der Waals surface area contributed by atoms with Crippen molar-refractivity contribution in [1.82, 2.24) is 0 Å². The summed E-state index contributed by atoms with van der Waals surface area (Å²) in [4.78, 5) is 0. The van der Waals surface area contributed by atoms with E-state index in [9.17, 15) is 9.50 Å². The van der Waals surface area contributed by atoms with Crippen LogP contribution in [-0.4, -0.2) is 12.2 Å². The molecule has 2 rings (SSSR count). The van der Waals surface area contributed by atoms with Crippen molar-refractivity contribution in [1.29, 1.82) is 0 Å².